The van der Waals surface area contributed by atoms with Crippen LogP contribution in [0.15, 0.2) is 182 Å². The lowest BCUT2D eigenvalue weighted by Crippen LogP contribution is -2.24. The molecule has 48 heavy (non-hydrogen) atoms. The zero-order valence-corrected chi connectivity index (χ0v) is 26.1. The highest BCUT2D eigenvalue weighted by Gasteiger charge is 2.25. The zero-order chi connectivity index (χ0) is 31.6. The SMILES string of the molecule is c1ccc(N(c2ccccc2)n2c3ccccc3c3ccc4c(c5ccc6c(ccn6-c6ccccc6)c5n4-c4ccccc4)c32)cc1. The van der Waals surface area contributed by atoms with Crippen molar-refractivity contribution in [2.24, 2.45) is 0 Å². The molecule has 0 amide bonds. The Morgan fingerprint density at radius 3 is 1.60 bits per heavy atom. The number of rotatable bonds is 5. The number of aromatic nitrogens is 3. The molecule has 4 nitrogen and oxygen atoms in total. The van der Waals surface area contributed by atoms with E-state index in [1.165, 1.54) is 49.0 Å². The zero-order valence-electron chi connectivity index (χ0n) is 26.1. The third-order valence-corrected chi connectivity index (χ3v) is 9.62. The molecule has 0 spiro atoms. The molecule has 0 N–H and O–H groups in total. The fourth-order valence-electron chi connectivity index (χ4n) is 7.63. The summed E-state index contributed by atoms with van der Waals surface area (Å²) in [4.78, 5) is 0. The monoisotopic (exact) mass is 614 g/mol. The molecule has 0 unspecified atom stereocenters. The molecule has 0 aliphatic carbocycles. The molecule has 226 valence electrons. The van der Waals surface area contributed by atoms with Gasteiger partial charge in [0, 0.05) is 44.5 Å². The van der Waals surface area contributed by atoms with E-state index in [0.29, 0.717) is 0 Å². The molecule has 0 fully saturated rings. The molecule has 3 heterocycles. The summed E-state index contributed by atoms with van der Waals surface area (Å²) in [6.07, 6.45) is 2.20. The first-order chi connectivity index (χ1) is 23.9. The summed E-state index contributed by atoms with van der Waals surface area (Å²) in [5.41, 5.74) is 10.4. The van der Waals surface area contributed by atoms with Gasteiger partial charge in [-0.1, -0.05) is 91.0 Å². The average molecular weight is 615 g/mol. The number of hydrogen-bond donors (Lipinski definition) is 0. The van der Waals surface area contributed by atoms with Crippen molar-refractivity contribution in [2.75, 3.05) is 5.01 Å². The van der Waals surface area contributed by atoms with E-state index in [0.717, 1.165) is 28.3 Å². The molecule has 0 aliphatic heterocycles. The molecule has 0 aliphatic rings. The Labute approximate surface area is 277 Å². The molecule has 10 aromatic rings. The Balaban J connectivity index is 1.41. The van der Waals surface area contributed by atoms with Crippen molar-refractivity contribution >= 4 is 65.9 Å². The molecular weight excluding hydrogens is 585 g/mol. The van der Waals surface area contributed by atoms with Crippen molar-refractivity contribution in [3.63, 3.8) is 0 Å². The second kappa shape index (κ2) is 10.5. The lowest BCUT2D eigenvalue weighted by Gasteiger charge is -2.28. The van der Waals surface area contributed by atoms with Crippen LogP contribution >= 0.6 is 0 Å². The first kappa shape index (κ1) is 26.7. The van der Waals surface area contributed by atoms with Gasteiger partial charge in [0.1, 0.15) is 0 Å². The molecule has 0 saturated heterocycles. The molecule has 4 heteroatoms. The van der Waals surface area contributed by atoms with E-state index in [1.54, 1.807) is 0 Å². The molecule has 0 radical (unpaired) electrons. The third-order valence-electron chi connectivity index (χ3n) is 9.62. The van der Waals surface area contributed by atoms with Crippen LogP contribution < -0.4 is 5.01 Å². The van der Waals surface area contributed by atoms with E-state index in [-0.39, 0.29) is 0 Å². The van der Waals surface area contributed by atoms with Crippen LogP contribution in [0.5, 0.6) is 0 Å². The highest BCUT2D eigenvalue weighted by atomic mass is 15.6. The number of fused-ring (bicyclic) bond motifs is 9. The maximum atomic E-state index is 2.46. The Hall–Kier alpha value is -6.52. The lowest BCUT2D eigenvalue weighted by molar-refractivity contribution is 0.889. The van der Waals surface area contributed by atoms with Gasteiger partial charge >= 0.3 is 0 Å². The van der Waals surface area contributed by atoms with E-state index < -0.39 is 0 Å². The van der Waals surface area contributed by atoms with Crippen molar-refractivity contribution in [1.29, 1.82) is 0 Å². The summed E-state index contributed by atoms with van der Waals surface area (Å²) in [6.45, 7) is 0. The summed E-state index contributed by atoms with van der Waals surface area (Å²) in [5, 5.41) is 8.49. The molecular formula is C44H30N4. The normalized spacial score (nSPS) is 11.8. The van der Waals surface area contributed by atoms with Crippen LogP contribution in [0.25, 0.3) is 65.9 Å². The first-order valence-corrected chi connectivity index (χ1v) is 16.4. The van der Waals surface area contributed by atoms with Gasteiger partial charge in [-0.2, -0.15) is 0 Å². The van der Waals surface area contributed by atoms with Crippen LogP contribution in [0.2, 0.25) is 0 Å². The van der Waals surface area contributed by atoms with Gasteiger partial charge in [0.25, 0.3) is 0 Å². The largest absolute Gasteiger partial charge is 0.316 e. The summed E-state index contributed by atoms with van der Waals surface area (Å²) < 4.78 is 7.19. The average Bonchev–Trinajstić information content (AvgIpc) is 3.84. The topological polar surface area (TPSA) is 18.0 Å². The van der Waals surface area contributed by atoms with Crippen LogP contribution in [0.3, 0.4) is 0 Å². The van der Waals surface area contributed by atoms with Gasteiger partial charge in [-0.15, -0.1) is 0 Å². The van der Waals surface area contributed by atoms with Gasteiger partial charge in [0.15, 0.2) is 0 Å². The number of anilines is 2. The van der Waals surface area contributed by atoms with Crippen molar-refractivity contribution < 1.29 is 0 Å². The summed E-state index contributed by atoms with van der Waals surface area (Å²) in [6, 6.07) is 63.1. The Morgan fingerprint density at radius 2 is 0.917 bits per heavy atom. The van der Waals surface area contributed by atoms with E-state index in [4.69, 9.17) is 0 Å². The Morgan fingerprint density at radius 1 is 0.354 bits per heavy atom. The van der Waals surface area contributed by atoms with Crippen molar-refractivity contribution in [1.82, 2.24) is 13.8 Å². The molecule has 0 atom stereocenters. The second-order valence-corrected chi connectivity index (χ2v) is 12.3. The molecule has 10 rings (SSSR count). The van der Waals surface area contributed by atoms with Crippen molar-refractivity contribution in [2.45, 2.75) is 0 Å². The standard InChI is InChI=1S/C44H30N4/c1-5-15-31(16-6-1)45-30-29-37-39(45)27-26-38-42-41(46(43(37)38)32-17-7-2-8-18-32)28-25-36-35-23-13-14-24-40(35)48(44(36)42)47(33-19-9-3-10-20-33)34-21-11-4-12-22-34/h1-30H. The van der Waals surface area contributed by atoms with Crippen LogP contribution in [-0.2, 0) is 0 Å². The molecule has 0 saturated carbocycles. The highest BCUT2D eigenvalue weighted by Crippen LogP contribution is 2.44. The predicted molar refractivity (Wildman–Crippen MR) is 201 cm³/mol. The van der Waals surface area contributed by atoms with Gasteiger partial charge in [-0.3, -0.25) is 0 Å². The highest BCUT2D eigenvalue weighted by molar-refractivity contribution is 6.29. The number of para-hydroxylation sites is 5. The van der Waals surface area contributed by atoms with Gasteiger partial charge in [-0.05, 0) is 84.9 Å². The number of hydrogen-bond acceptors (Lipinski definition) is 1. The maximum absolute atomic E-state index is 2.46. The van der Waals surface area contributed by atoms with Crippen LogP contribution in [0, 0.1) is 0 Å². The minimum absolute atomic E-state index is 1.09. The third kappa shape index (κ3) is 3.83. The van der Waals surface area contributed by atoms with Crippen LogP contribution in [0.1, 0.15) is 0 Å². The van der Waals surface area contributed by atoms with E-state index in [1.807, 2.05) is 0 Å². The van der Waals surface area contributed by atoms with Gasteiger partial charge in [-0.25, -0.2) is 9.69 Å². The number of nitrogens with zero attached hydrogens (tertiary/aromatic N) is 4. The van der Waals surface area contributed by atoms with Crippen molar-refractivity contribution in [3.05, 3.63) is 182 Å². The minimum Gasteiger partial charge on any atom is -0.316 e. The quantitative estimate of drug-likeness (QED) is 0.189. The minimum atomic E-state index is 1.09. The first-order valence-electron chi connectivity index (χ1n) is 16.4. The fourth-order valence-corrected chi connectivity index (χ4v) is 7.63. The van der Waals surface area contributed by atoms with E-state index in [2.05, 4.69) is 201 Å². The maximum Gasteiger partial charge on any atom is 0.0816 e. The summed E-state index contributed by atoms with van der Waals surface area (Å²) in [5.74, 6) is 0. The molecule has 7 aromatic carbocycles. The number of benzene rings is 7. The van der Waals surface area contributed by atoms with Crippen LogP contribution in [0.4, 0.5) is 11.4 Å². The lowest BCUT2D eigenvalue weighted by atomic mass is 10.1. The van der Waals surface area contributed by atoms with Crippen molar-refractivity contribution in [3.8, 4) is 11.4 Å². The summed E-state index contributed by atoms with van der Waals surface area (Å²) in [7, 11) is 0. The van der Waals surface area contributed by atoms with E-state index in [9.17, 15) is 0 Å². The predicted octanol–water partition coefficient (Wildman–Crippen LogP) is 11.4. The van der Waals surface area contributed by atoms with Gasteiger partial charge in [0.2, 0.25) is 0 Å². The second-order valence-electron chi connectivity index (χ2n) is 12.3. The molecule has 0 bridgehead atoms. The smallest absolute Gasteiger partial charge is 0.0816 e. The van der Waals surface area contributed by atoms with Crippen LogP contribution in [-0.4, -0.2) is 13.8 Å². The molecule has 3 aromatic heterocycles. The summed E-state index contributed by atoms with van der Waals surface area (Å²) >= 11 is 0. The Kier molecular flexibility index (Phi) is 5.84. The van der Waals surface area contributed by atoms with E-state index >= 15 is 0 Å². The fraction of sp³-hybridized carbons (Fsp3) is 0. The van der Waals surface area contributed by atoms with Gasteiger partial charge in [0.05, 0.1) is 39.0 Å². The Bertz CT molecular complexity index is 2720. The van der Waals surface area contributed by atoms with Gasteiger partial charge < -0.3 is 9.13 Å².